The van der Waals surface area contributed by atoms with Gasteiger partial charge < -0.3 is 9.88 Å². The molecule has 1 aromatic heterocycles. The third kappa shape index (κ3) is 5.52. The molecule has 0 aromatic carbocycles. The molecule has 4 heteroatoms. The Kier molecular flexibility index (Phi) is 6.37. The number of hydrogen-bond donors (Lipinski definition) is 1. The summed E-state index contributed by atoms with van der Waals surface area (Å²) in [7, 11) is 0. The molecule has 0 spiro atoms. The van der Waals surface area contributed by atoms with Gasteiger partial charge in [0.2, 0.25) is 5.91 Å². The number of carbonyl (C=O) groups is 1. The van der Waals surface area contributed by atoms with E-state index >= 15 is 0 Å². The fraction of sp³-hybridized carbons (Fsp3) is 0.692. The molecule has 0 atom stereocenters. The van der Waals surface area contributed by atoms with Gasteiger partial charge in [-0.3, -0.25) is 4.79 Å². The topological polar surface area (TPSA) is 46.9 Å². The number of nitrogens with one attached hydrogen (secondary N) is 1. The smallest absolute Gasteiger partial charge is 0.219 e. The van der Waals surface area contributed by atoms with E-state index in [1.165, 1.54) is 6.42 Å². The third-order valence-electron chi connectivity index (χ3n) is 2.85. The van der Waals surface area contributed by atoms with Crippen LogP contribution >= 0.6 is 0 Å². The van der Waals surface area contributed by atoms with Crippen LogP contribution in [0.1, 0.15) is 44.9 Å². The second-order valence-corrected chi connectivity index (χ2v) is 4.29. The summed E-state index contributed by atoms with van der Waals surface area (Å²) in [5.41, 5.74) is 0. The maximum Gasteiger partial charge on any atom is 0.219 e. The first-order valence-electron chi connectivity index (χ1n) is 6.48. The Bertz CT molecular complexity index is 333. The number of aryl methyl sites for hydroxylation is 2. The highest BCUT2D eigenvalue weighted by molar-refractivity contribution is 5.75. The Hall–Kier alpha value is -1.32. The molecule has 0 aliphatic rings. The number of carbonyl (C=O) groups excluding carboxylic acids is 1. The molecule has 1 N–H and O–H groups in total. The first kappa shape index (κ1) is 13.7. The molecule has 0 saturated heterocycles. The molecular formula is C13H23N3O. The molecule has 96 valence electrons. The lowest BCUT2D eigenvalue weighted by atomic mass is 10.1. The highest BCUT2D eigenvalue weighted by Gasteiger charge is 1.99. The molecule has 0 bridgehead atoms. The van der Waals surface area contributed by atoms with E-state index in [4.69, 9.17) is 0 Å². The van der Waals surface area contributed by atoms with E-state index in [9.17, 15) is 4.79 Å². The molecule has 0 aliphatic heterocycles. The van der Waals surface area contributed by atoms with Crippen LogP contribution in [-0.4, -0.2) is 22.0 Å². The van der Waals surface area contributed by atoms with Gasteiger partial charge in [0.15, 0.2) is 0 Å². The molecule has 17 heavy (non-hydrogen) atoms. The number of imidazole rings is 1. The second-order valence-electron chi connectivity index (χ2n) is 4.29. The maximum absolute atomic E-state index is 11.2. The molecule has 0 unspecified atom stereocenters. The van der Waals surface area contributed by atoms with E-state index in [1.54, 1.807) is 0 Å². The van der Waals surface area contributed by atoms with Gasteiger partial charge in [-0.25, -0.2) is 4.98 Å². The predicted molar refractivity (Wildman–Crippen MR) is 68.7 cm³/mol. The summed E-state index contributed by atoms with van der Waals surface area (Å²) in [5, 5.41) is 2.81. The average molecular weight is 237 g/mol. The van der Waals surface area contributed by atoms with E-state index in [0.717, 1.165) is 38.2 Å². The first-order chi connectivity index (χ1) is 8.24. The fourth-order valence-corrected chi connectivity index (χ4v) is 1.85. The van der Waals surface area contributed by atoms with Gasteiger partial charge in [-0.2, -0.15) is 0 Å². The van der Waals surface area contributed by atoms with E-state index in [-0.39, 0.29) is 5.91 Å². The van der Waals surface area contributed by atoms with Crippen molar-refractivity contribution in [3.8, 4) is 0 Å². The normalized spacial score (nSPS) is 10.5. The highest BCUT2D eigenvalue weighted by Crippen LogP contribution is 2.06. The highest BCUT2D eigenvalue weighted by atomic mass is 16.1. The van der Waals surface area contributed by atoms with E-state index in [1.807, 2.05) is 26.2 Å². The van der Waals surface area contributed by atoms with Gasteiger partial charge in [-0.1, -0.05) is 12.8 Å². The van der Waals surface area contributed by atoms with Crippen LogP contribution in [0.2, 0.25) is 0 Å². The number of unbranched alkanes of at least 4 members (excludes halogenated alkanes) is 3. The predicted octanol–water partition coefficient (Wildman–Crippen LogP) is 2.28. The minimum atomic E-state index is 0.179. The van der Waals surface area contributed by atoms with Crippen LogP contribution in [-0.2, 0) is 11.3 Å². The summed E-state index contributed by atoms with van der Waals surface area (Å²) in [6.45, 7) is 5.74. The van der Waals surface area contributed by atoms with Crippen molar-refractivity contribution < 1.29 is 4.79 Å². The third-order valence-corrected chi connectivity index (χ3v) is 2.85. The Morgan fingerprint density at radius 3 is 2.76 bits per heavy atom. The van der Waals surface area contributed by atoms with Crippen molar-refractivity contribution in [1.82, 2.24) is 14.9 Å². The van der Waals surface area contributed by atoms with Gasteiger partial charge in [0, 0.05) is 31.9 Å². The minimum Gasteiger partial charge on any atom is -0.356 e. The summed E-state index contributed by atoms with van der Waals surface area (Å²) in [6, 6.07) is 0. The maximum atomic E-state index is 11.2. The Labute approximate surface area is 103 Å². The van der Waals surface area contributed by atoms with Crippen LogP contribution < -0.4 is 5.32 Å². The zero-order chi connectivity index (χ0) is 12.5. The molecule has 0 aliphatic carbocycles. The molecule has 1 heterocycles. The summed E-state index contributed by atoms with van der Waals surface area (Å²) < 4.78 is 2.17. The summed E-state index contributed by atoms with van der Waals surface area (Å²) in [4.78, 5) is 15.4. The molecule has 0 fully saturated rings. The van der Waals surface area contributed by atoms with Crippen LogP contribution in [0.4, 0.5) is 0 Å². The van der Waals surface area contributed by atoms with Gasteiger partial charge in [0.1, 0.15) is 5.82 Å². The van der Waals surface area contributed by atoms with E-state index in [0.29, 0.717) is 6.42 Å². The SMILES string of the molecule is CCNC(=O)CCCCCCn1ccnc1C. The average Bonchev–Trinajstić information content (AvgIpc) is 2.70. The minimum absolute atomic E-state index is 0.179. The molecule has 1 amide bonds. The van der Waals surface area contributed by atoms with Gasteiger partial charge in [-0.15, -0.1) is 0 Å². The lowest BCUT2D eigenvalue weighted by Crippen LogP contribution is -2.21. The fourth-order valence-electron chi connectivity index (χ4n) is 1.85. The van der Waals surface area contributed by atoms with E-state index < -0.39 is 0 Å². The Balaban J connectivity index is 1.98. The zero-order valence-electron chi connectivity index (χ0n) is 10.9. The number of hydrogen-bond acceptors (Lipinski definition) is 2. The summed E-state index contributed by atoms with van der Waals surface area (Å²) in [5.74, 6) is 1.25. The number of aromatic nitrogens is 2. The molecule has 0 radical (unpaired) electrons. The second kappa shape index (κ2) is 7.87. The van der Waals surface area contributed by atoms with Crippen molar-refractivity contribution in [3.63, 3.8) is 0 Å². The van der Waals surface area contributed by atoms with Crippen molar-refractivity contribution in [2.75, 3.05) is 6.54 Å². The number of nitrogens with zero attached hydrogens (tertiary/aromatic N) is 2. The van der Waals surface area contributed by atoms with Crippen LogP contribution in [0, 0.1) is 6.92 Å². The summed E-state index contributed by atoms with van der Waals surface area (Å²) in [6.07, 6.45) is 8.98. The molecular weight excluding hydrogens is 214 g/mol. The molecule has 4 nitrogen and oxygen atoms in total. The molecule has 1 rings (SSSR count). The number of rotatable bonds is 8. The first-order valence-corrected chi connectivity index (χ1v) is 6.48. The van der Waals surface area contributed by atoms with Gasteiger partial charge >= 0.3 is 0 Å². The number of amides is 1. The lowest BCUT2D eigenvalue weighted by molar-refractivity contribution is -0.121. The Morgan fingerprint density at radius 2 is 2.12 bits per heavy atom. The standard InChI is InChI=1S/C13H23N3O/c1-3-14-13(17)8-6-4-5-7-10-16-11-9-15-12(16)2/h9,11H,3-8,10H2,1-2H3,(H,14,17). The zero-order valence-corrected chi connectivity index (χ0v) is 10.9. The quantitative estimate of drug-likeness (QED) is 0.705. The van der Waals surface area contributed by atoms with Crippen LogP contribution in [0.25, 0.3) is 0 Å². The van der Waals surface area contributed by atoms with Gasteiger partial charge in [-0.05, 0) is 26.7 Å². The van der Waals surface area contributed by atoms with Crippen molar-refractivity contribution in [3.05, 3.63) is 18.2 Å². The van der Waals surface area contributed by atoms with Crippen molar-refractivity contribution in [1.29, 1.82) is 0 Å². The monoisotopic (exact) mass is 237 g/mol. The molecule has 0 saturated carbocycles. The van der Waals surface area contributed by atoms with Crippen molar-refractivity contribution >= 4 is 5.91 Å². The van der Waals surface area contributed by atoms with Crippen LogP contribution in [0.3, 0.4) is 0 Å². The van der Waals surface area contributed by atoms with Crippen molar-refractivity contribution in [2.24, 2.45) is 0 Å². The lowest BCUT2D eigenvalue weighted by Gasteiger charge is -2.05. The largest absolute Gasteiger partial charge is 0.356 e. The van der Waals surface area contributed by atoms with Crippen molar-refractivity contribution in [2.45, 2.75) is 52.5 Å². The van der Waals surface area contributed by atoms with Crippen LogP contribution in [0.15, 0.2) is 12.4 Å². The van der Waals surface area contributed by atoms with Gasteiger partial charge in [0.25, 0.3) is 0 Å². The van der Waals surface area contributed by atoms with E-state index in [2.05, 4.69) is 14.9 Å². The van der Waals surface area contributed by atoms with Crippen LogP contribution in [0.5, 0.6) is 0 Å². The van der Waals surface area contributed by atoms with Gasteiger partial charge in [0.05, 0.1) is 0 Å². The molecule has 1 aromatic rings. The Morgan fingerprint density at radius 1 is 1.35 bits per heavy atom. The summed E-state index contributed by atoms with van der Waals surface area (Å²) >= 11 is 0.